The smallest absolute Gasteiger partial charge is 0.261 e. The van der Waals surface area contributed by atoms with Crippen LogP contribution in [0.15, 0.2) is 53.4 Å². The van der Waals surface area contributed by atoms with Crippen molar-refractivity contribution in [2.24, 2.45) is 0 Å². The van der Waals surface area contributed by atoms with Crippen LogP contribution < -0.4 is 15.4 Å². The van der Waals surface area contributed by atoms with Crippen LogP contribution in [-0.2, 0) is 10.0 Å². The highest BCUT2D eigenvalue weighted by molar-refractivity contribution is 7.92. The van der Waals surface area contributed by atoms with E-state index < -0.39 is 10.0 Å². The Hall–Kier alpha value is -1.83. The minimum atomic E-state index is -3.65. The molecule has 0 radical (unpaired) electrons. The Balaban J connectivity index is 1.66. The fourth-order valence-electron chi connectivity index (χ4n) is 2.03. The van der Waals surface area contributed by atoms with E-state index in [0.29, 0.717) is 21.9 Å². The molecule has 2 aromatic rings. The van der Waals surface area contributed by atoms with Gasteiger partial charge in [-0.2, -0.15) is 0 Å². The standard InChI is InChI=1S/C16H16ClN3O2S2/c17-11-1-3-14(4-2-11)20-24(21,22)15-9-7-13(8-10-15)19-16(23)18-12-5-6-12/h1-4,7-10,12,20H,5-6H2,(H2,18,19,23). The van der Waals surface area contributed by atoms with Crippen molar-refractivity contribution < 1.29 is 8.42 Å². The molecule has 5 nitrogen and oxygen atoms in total. The van der Waals surface area contributed by atoms with E-state index in [1.807, 2.05) is 0 Å². The van der Waals surface area contributed by atoms with Gasteiger partial charge in [0.2, 0.25) is 0 Å². The van der Waals surface area contributed by atoms with Gasteiger partial charge in [-0.05, 0) is 73.6 Å². The van der Waals surface area contributed by atoms with Crippen molar-refractivity contribution in [3.8, 4) is 0 Å². The molecule has 0 heterocycles. The van der Waals surface area contributed by atoms with Gasteiger partial charge in [0.1, 0.15) is 0 Å². The number of anilines is 2. The molecule has 0 saturated heterocycles. The normalized spacial score (nSPS) is 14.0. The molecule has 1 fully saturated rings. The average Bonchev–Trinajstić information content (AvgIpc) is 3.34. The molecule has 0 amide bonds. The van der Waals surface area contributed by atoms with Crippen molar-refractivity contribution in [3.63, 3.8) is 0 Å². The van der Waals surface area contributed by atoms with Gasteiger partial charge in [0, 0.05) is 22.4 Å². The molecule has 0 bridgehead atoms. The van der Waals surface area contributed by atoms with E-state index in [2.05, 4.69) is 15.4 Å². The second-order valence-corrected chi connectivity index (χ2v) is 8.04. The number of sulfonamides is 1. The average molecular weight is 382 g/mol. The summed E-state index contributed by atoms with van der Waals surface area (Å²) in [5.41, 5.74) is 1.19. The van der Waals surface area contributed by atoms with Gasteiger partial charge < -0.3 is 10.6 Å². The molecule has 1 aliphatic rings. The quantitative estimate of drug-likeness (QED) is 0.690. The summed E-state index contributed by atoms with van der Waals surface area (Å²) in [4.78, 5) is 0.170. The van der Waals surface area contributed by atoms with Crippen LogP contribution >= 0.6 is 23.8 Å². The van der Waals surface area contributed by atoms with Crippen molar-refractivity contribution in [2.75, 3.05) is 10.0 Å². The van der Waals surface area contributed by atoms with E-state index in [0.717, 1.165) is 18.5 Å². The van der Waals surface area contributed by atoms with E-state index in [-0.39, 0.29) is 4.90 Å². The third-order valence-electron chi connectivity index (χ3n) is 3.43. The van der Waals surface area contributed by atoms with Gasteiger partial charge in [-0.3, -0.25) is 4.72 Å². The summed E-state index contributed by atoms with van der Waals surface area (Å²) in [6, 6.07) is 13.3. The Morgan fingerprint density at radius 3 is 2.17 bits per heavy atom. The maximum Gasteiger partial charge on any atom is 0.261 e. The molecule has 0 aliphatic heterocycles. The van der Waals surface area contributed by atoms with Gasteiger partial charge in [-0.25, -0.2) is 8.42 Å². The van der Waals surface area contributed by atoms with Crippen molar-refractivity contribution in [1.29, 1.82) is 0 Å². The molecule has 126 valence electrons. The Labute approximate surface area is 151 Å². The summed E-state index contributed by atoms with van der Waals surface area (Å²) in [6.45, 7) is 0. The van der Waals surface area contributed by atoms with Crippen LogP contribution in [0.1, 0.15) is 12.8 Å². The van der Waals surface area contributed by atoms with Crippen molar-refractivity contribution >= 4 is 50.3 Å². The van der Waals surface area contributed by atoms with Crippen LogP contribution in [0.4, 0.5) is 11.4 Å². The molecule has 1 aliphatic carbocycles. The fraction of sp³-hybridized carbons (Fsp3) is 0.188. The monoisotopic (exact) mass is 381 g/mol. The zero-order valence-electron chi connectivity index (χ0n) is 12.6. The van der Waals surface area contributed by atoms with E-state index in [9.17, 15) is 8.42 Å². The van der Waals surface area contributed by atoms with Crippen LogP contribution in [0.3, 0.4) is 0 Å². The Kier molecular flexibility index (Phi) is 4.93. The number of benzene rings is 2. The van der Waals surface area contributed by atoms with Gasteiger partial charge in [-0.1, -0.05) is 11.6 Å². The number of halogens is 1. The van der Waals surface area contributed by atoms with Gasteiger partial charge in [0.15, 0.2) is 5.11 Å². The van der Waals surface area contributed by atoms with Crippen LogP contribution in [0.5, 0.6) is 0 Å². The number of nitrogens with one attached hydrogen (secondary N) is 3. The summed E-state index contributed by atoms with van der Waals surface area (Å²) in [7, 11) is -3.65. The fourth-order valence-corrected chi connectivity index (χ4v) is 3.50. The first-order valence-corrected chi connectivity index (χ1v) is 9.65. The third kappa shape index (κ3) is 4.59. The van der Waals surface area contributed by atoms with Crippen LogP contribution in [0.2, 0.25) is 5.02 Å². The topological polar surface area (TPSA) is 70.2 Å². The molecule has 0 unspecified atom stereocenters. The van der Waals surface area contributed by atoms with E-state index >= 15 is 0 Å². The molecule has 3 rings (SSSR count). The molecule has 0 atom stereocenters. The molecule has 3 N–H and O–H groups in total. The SMILES string of the molecule is O=S(=O)(Nc1ccc(Cl)cc1)c1ccc(NC(=S)NC2CC2)cc1. The first kappa shape index (κ1) is 17.0. The first-order valence-electron chi connectivity index (χ1n) is 7.38. The lowest BCUT2D eigenvalue weighted by atomic mass is 10.3. The van der Waals surface area contributed by atoms with Gasteiger partial charge >= 0.3 is 0 Å². The molecular formula is C16H16ClN3O2S2. The lowest BCUT2D eigenvalue weighted by Gasteiger charge is -2.11. The zero-order valence-corrected chi connectivity index (χ0v) is 15.0. The highest BCUT2D eigenvalue weighted by Crippen LogP contribution is 2.21. The number of hydrogen-bond donors (Lipinski definition) is 3. The highest BCUT2D eigenvalue weighted by atomic mass is 35.5. The lowest BCUT2D eigenvalue weighted by Crippen LogP contribution is -2.30. The second kappa shape index (κ2) is 6.96. The van der Waals surface area contributed by atoms with Gasteiger partial charge in [0.25, 0.3) is 10.0 Å². The predicted molar refractivity (Wildman–Crippen MR) is 101 cm³/mol. The van der Waals surface area contributed by atoms with Crippen molar-refractivity contribution in [2.45, 2.75) is 23.8 Å². The second-order valence-electron chi connectivity index (χ2n) is 5.51. The summed E-state index contributed by atoms with van der Waals surface area (Å²) < 4.78 is 27.3. The maximum atomic E-state index is 12.4. The summed E-state index contributed by atoms with van der Waals surface area (Å²) in [6.07, 6.45) is 2.27. The van der Waals surface area contributed by atoms with Crippen molar-refractivity contribution in [3.05, 3.63) is 53.6 Å². The van der Waals surface area contributed by atoms with E-state index in [4.69, 9.17) is 23.8 Å². The Bertz CT molecular complexity index is 833. The van der Waals surface area contributed by atoms with Crippen LogP contribution in [0.25, 0.3) is 0 Å². The van der Waals surface area contributed by atoms with E-state index in [1.165, 1.54) is 12.1 Å². The summed E-state index contributed by atoms with van der Waals surface area (Å²) in [5, 5.41) is 7.30. The lowest BCUT2D eigenvalue weighted by molar-refractivity contribution is 0.601. The molecule has 8 heteroatoms. The Morgan fingerprint density at radius 1 is 1.00 bits per heavy atom. The molecule has 2 aromatic carbocycles. The summed E-state index contributed by atoms with van der Waals surface area (Å²) >= 11 is 11.0. The number of rotatable bonds is 5. The number of thiocarbonyl (C=S) groups is 1. The Morgan fingerprint density at radius 2 is 1.58 bits per heavy atom. The predicted octanol–water partition coefficient (Wildman–Crippen LogP) is 3.59. The maximum absolute atomic E-state index is 12.4. The molecule has 0 spiro atoms. The van der Waals surface area contributed by atoms with Gasteiger partial charge in [0.05, 0.1) is 4.90 Å². The summed E-state index contributed by atoms with van der Waals surface area (Å²) in [5.74, 6) is 0. The largest absolute Gasteiger partial charge is 0.360 e. The molecule has 1 saturated carbocycles. The first-order chi connectivity index (χ1) is 11.4. The molecule has 0 aromatic heterocycles. The van der Waals surface area contributed by atoms with E-state index in [1.54, 1.807) is 36.4 Å². The minimum Gasteiger partial charge on any atom is -0.360 e. The van der Waals surface area contributed by atoms with Gasteiger partial charge in [-0.15, -0.1) is 0 Å². The molecule has 24 heavy (non-hydrogen) atoms. The zero-order chi connectivity index (χ0) is 17.2. The van der Waals surface area contributed by atoms with Crippen molar-refractivity contribution in [1.82, 2.24) is 5.32 Å². The van der Waals surface area contributed by atoms with Crippen LogP contribution in [0, 0.1) is 0 Å². The van der Waals surface area contributed by atoms with Crippen LogP contribution in [-0.4, -0.2) is 19.6 Å². The third-order valence-corrected chi connectivity index (χ3v) is 5.30. The molecular weight excluding hydrogens is 366 g/mol. The minimum absolute atomic E-state index is 0.170. The number of hydrogen-bond acceptors (Lipinski definition) is 3. The highest BCUT2D eigenvalue weighted by Gasteiger charge is 2.21.